The van der Waals surface area contributed by atoms with E-state index in [0.717, 1.165) is 23.7 Å². The van der Waals surface area contributed by atoms with Gasteiger partial charge in [-0.1, -0.05) is 47.0 Å². The van der Waals surface area contributed by atoms with Crippen LogP contribution in [0.3, 0.4) is 0 Å². The third-order valence-electron chi connectivity index (χ3n) is 4.17. The van der Waals surface area contributed by atoms with Gasteiger partial charge >= 0.3 is 0 Å². The SMILES string of the molecule is CCCCC1CC(C)C(C)C(C)C1. The van der Waals surface area contributed by atoms with E-state index in [4.69, 9.17) is 0 Å². The molecule has 78 valence electrons. The second-order valence-electron chi connectivity index (χ2n) is 5.29. The Morgan fingerprint density at radius 2 is 1.54 bits per heavy atom. The summed E-state index contributed by atoms with van der Waals surface area (Å²) < 4.78 is 0. The Balaban J connectivity index is 2.35. The quantitative estimate of drug-likeness (QED) is 0.603. The summed E-state index contributed by atoms with van der Waals surface area (Å²) in [4.78, 5) is 0. The van der Waals surface area contributed by atoms with Crippen molar-refractivity contribution in [3.63, 3.8) is 0 Å². The molecule has 0 amide bonds. The lowest BCUT2D eigenvalue weighted by molar-refractivity contribution is 0.134. The molecule has 1 fully saturated rings. The van der Waals surface area contributed by atoms with Crippen molar-refractivity contribution < 1.29 is 0 Å². The van der Waals surface area contributed by atoms with Gasteiger partial charge in [-0.05, 0) is 36.5 Å². The van der Waals surface area contributed by atoms with E-state index in [-0.39, 0.29) is 0 Å². The van der Waals surface area contributed by atoms with E-state index in [0.29, 0.717) is 0 Å². The number of hydrogen-bond acceptors (Lipinski definition) is 0. The van der Waals surface area contributed by atoms with Crippen LogP contribution in [0.15, 0.2) is 0 Å². The van der Waals surface area contributed by atoms with Crippen LogP contribution in [0.5, 0.6) is 0 Å². The molecule has 2 unspecified atom stereocenters. The van der Waals surface area contributed by atoms with E-state index in [1.807, 2.05) is 0 Å². The molecule has 0 spiro atoms. The molecule has 0 heterocycles. The molecule has 1 rings (SSSR count). The summed E-state index contributed by atoms with van der Waals surface area (Å²) in [6.45, 7) is 9.63. The molecular formula is C13H26. The Bertz CT molecular complexity index is 127. The van der Waals surface area contributed by atoms with Crippen molar-refractivity contribution in [2.75, 3.05) is 0 Å². The van der Waals surface area contributed by atoms with Crippen LogP contribution in [0.1, 0.15) is 59.8 Å². The van der Waals surface area contributed by atoms with Crippen LogP contribution in [-0.2, 0) is 0 Å². The Kier molecular flexibility index (Phi) is 4.28. The molecule has 0 nitrogen and oxygen atoms in total. The zero-order valence-electron chi connectivity index (χ0n) is 9.84. The summed E-state index contributed by atoms with van der Waals surface area (Å²) in [5, 5.41) is 0. The first-order valence-corrected chi connectivity index (χ1v) is 6.15. The third kappa shape index (κ3) is 3.00. The van der Waals surface area contributed by atoms with Crippen LogP contribution in [0.25, 0.3) is 0 Å². The molecule has 0 aromatic rings. The van der Waals surface area contributed by atoms with Gasteiger partial charge in [0.1, 0.15) is 0 Å². The van der Waals surface area contributed by atoms with Crippen LogP contribution in [0.4, 0.5) is 0 Å². The van der Waals surface area contributed by atoms with Gasteiger partial charge < -0.3 is 0 Å². The predicted molar refractivity (Wildman–Crippen MR) is 59.7 cm³/mol. The summed E-state index contributed by atoms with van der Waals surface area (Å²) in [5.74, 6) is 3.93. The summed E-state index contributed by atoms with van der Waals surface area (Å²) >= 11 is 0. The first kappa shape index (κ1) is 11.1. The predicted octanol–water partition coefficient (Wildman–Crippen LogP) is 4.49. The van der Waals surface area contributed by atoms with Crippen LogP contribution in [-0.4, -0.2) is 0 Å². The first-order valence-electron chi connectivity index (χ1n) is 6.15. The molecule has 0 aromatic carbocycles. The molecule has 0 aromatic heterocycles. The van der Waals surface area contributed by atoms with Gasteiger partial charge in [0.15, 0.2) is 0 Å². The fourth-order valence-electron chi connectivity index (χ4n) is 2.87. The summed E-state index contributed by atoms with van der Waals surface area (Å²) in [6.07, 6.45) is 7.28. The van der Waals surface area contributed by atoms with Gasteiger partial charge in [0.05, 0.1) is 0 Å². The lowest BCUT2D eigenvalue weighted by Gasteiger charge is -2.37. The number of hydrogen-bond donors (Lipinski definition) is 0. The molecule has 13 heavy (non-hydrogen) atoms. The molecule has 0 heteroatoms. The zero-order valence-corrected chi connectivity index (χ0v) is 9.84. The van der Waals surface area contributed by atoms with Crippen molar-refractivity contribution in [2.24, 2.45) is 23.7 Å². The largest absolute Gasteiger partial charge is 0.0654 e. The summed E-state index contributed by atoms with van der Waals surface area (Å²) in [6, 6.07) is 0. The average Bonchev–Trinajstić information content (AvgIpc) is 2.10. The maximum absolute atomic E-state index is 2.44. The molecule has 2 atom stereocenters. The van der Waals surface area contributed by atoms with Gasteiger partial charge in [-0.25, -0.2) is 0 Å². The maximum atomic E-state index is 2.44. The second-order valence-corrected chi connectivity index (χ2v) is 5.29. The summed E-state index contributed by atoms with van der Waals surface area (Å²) in [7, 11) is 0. The van der Waals surface area contributed by atoms with Crippen LogP contribution in [0.2, 0.25) is 0 Å². The zero-order chi connectivity index (χ0) is 9.84. The normalized spacial score (nSPS) is 40.6. The minimum atomic E-state index is 0.956. The number of unbranched alkanes of at least 4 members (excludes halogenated alkanes) is 1. The van der Waals surface area contributed by atoms with Gasteiger partial charge in [0, 0.05) is 0 Å². The highest BCUT2D eigenvalue weighted by Gasteiger charge is 2.29. The Labute approximate surface area is 84.1 Å². The van der Waals surface area contributed by atoms with E-state index in [1.165, 1.54) is 32.1 Å². The van der Waals surface area contributed by atoms with E-state index in [2.05, 4.69) is 27.7 Å². The van der Waals surface area contributed by atoms with Gasteiger partial charge in [-0.15, -0.1) is 0 Å². The molecule has 0 bridgehead atoms. The highest BCUT2D eigenvalue weighted by Crippen LogP contribution is 2.39. The third-order valence-corrected chi connectivity index (χ3v) is 4.17. The van der Waals surface area contributed by atoms with Crippen LogP contribution >= 0.6 is 0 Å². The van der Waals surface area contributed by atoms with Crippen molar-refractivity contribution >= 4 is 0 Å². The van der Waals surface area contributed by atoms with Crippen LogP contribution in [0, 0.1) is 23.7 Å². The molecule has 0 aliphatic heterocycles. The smallest absolute Gasteiger partial charge is 0.0391 e. The van der Waals surface area contributed by atoms with Crippen molar-refractivity contribution in [3.8, 4) is 0 Å². The molecular weight excluding hydrogens is 156 g/mol. The minimum absolute atomic E-state index is 0.956. The Hall–Kier alpha value is 0. The second kappa shape index (κ2) is 5.02. The number of rotatable bonds is 3. The van der Waals surface area contributed by atoms with Crippen molar-refractivity contribution in [3.05, 3.63) is 0 Å². The Morgan fingerprint density at radius 3 is 2.00 bits per heavy atom. The average molecular weight is 182 g/mol. The monoisotopic (exact) mass is 182 g/mol. The summed E-state index contributed by atoms with van der Waals surface area (Å²) in [5.41, 5.74) is 0. The Morgan fingerprint density at radius 1 is 1.00 bits per heavy atom. The topological polar surface area (TPSA) is 0 Å². The van der Waals surface area contributed by atoms with E-state index in [1.54, 1.807) is 0 Å². The fraction of sp³-hybridized carbons (Fsp3) is 1.00. The highest BCUT2D eigenvalue weighted by atomic mass is 14.3. The van der Waals surface area contributed by atoms with E-state index < -0.39 is 0 Å². The lowest BCUT2D eigenvalue weighted by Crippen LogP contribution is -2.27. The highest BCUT2D eigenvalue weighted by molar-refractivity contribution is 4.79. The first-order chi connectivity index (χ1) is 6.15. The van der Waals surface area contributed by atoms with Gasteiger partial charge in [-0.3, -0.25) is 0 Å². The van der Waals surface area contributed by atoms with Crippen molar-refractivity contribution in [1.29, 1.82) is 0 Å². The lowest BCUT2D eigenvalue weighted by atomic mass is 9.69. The van der Waals surface area contributed by atoms with Crippen molar-refractivity contribution in [2.45, 2.75) is 59.8 Å². The minimum Gasteiger partial charge on any atom is -0.0654 e. The van der Waals surface area contributed by atoms with Gasteiger partial charge in [0.2, 0.25) is 0 Å². The molecule has 0 N–H and O–H groups in total. The maximum Gasteiger partial charge on any atom is -0.0391 e. The van der Waals surface area contributed by atoms with Crippen molar-refractivity contribution in [1.82, 2.24) is 0 Å². The van der Waals surface area contributed by atoms with Crippen LogP contribution < -0.4 is 0 Å². The molecule has 0 saturated heterocycles. The van der Waals surface area contributed by atoms with E-state index >= 15 is 0 Å². The van der Waals surface area contributed by atoms with Gasteiger partial charge in [-0.2, -0.15) is 0 Å². The fourth-order valence-corrected chi connectivity index (χ4v) is 2.87. The molecule has 0 radical (unpaired) electrons. The molecule has 1 aliphatic carbocycles. The molecule has 1 saturated carbocycles. The van der Waals surface area contributed by atoms with E-state index in [9.17, 15) is 0 Å². The standard InChI is InChI=1S/C13H26/c1-5-6-7-13-8-10(2)12(4)11(3)9-13/h10-13H,5-9H2,1-4H3. The molecule has 1 aliphatic rings. The van der Waals surface area contributed by atoms with Gasteiger partial charge in [0.25, 0.3) is 0 Å².